The van der Waals surface area contributed by atoms with Crippen molar-refractivity contribution in [1.82, 2.24) is 20.1 Å². The number of hydrogen-bond acceptors (Lipinski definition) is 7. The molecule has 4 heterocycles. The van der Waals surface area contributed by atoms with Gasteiger partial charge in [-0.05, 0) is 6.07 Å². The second-order valence-corrected chi connectivity index (χ2v) is 6.51. The second kappa shape index (κ2) is 7.83. The van der Waals surface area contributed by atoms with Crippen LogP contribution in [-0.4, -0.2) is 78.5 Å². The number of morpholine rings is 1. The summed E-state index contributed by atoms with van der Waals surface area (Å²) in [5.74, 6) is -0.0992. The van der Waals surface area contributed by atoms with Gasteiger partial charge in [-0.25, -0.2) is 4.39 Å². The van der Waals surface area contributed by atoms with E-state index in [9.17, 15) is 9.18 Å². The lowest BCUT2D eigenvalue weighted by molar-refractivity contribution is 0.0741. The Morgan fingerprint density at radius 2 is 1.81 bits per heavy atom. The van der Waals surface area contributed by atoms with Gasteiger partial charge in [0.05, 0.1) is 36.9 Å². The van der Waals surface area contributed by atoms with Gasteiger partial charge in [-0.2, -0.15) is 5.10 Å². The summed E-state index contributed by atoms with van der Waals surface area (Å²) in [6.45, 7) is 5.36. The maximum Gasteiger partial charge on any atom is 0.257 e. The fourth-order valence-electron chi connectivity index (χ4n) is 3.35. The van der Waals surface area contributed by atoms with Crippen LogP contribution in [0.4, 0.5) is 15.9 Å². The zero-order valence-electron chi connectivity index (χ0n) is 14.9. The average Bonchev–Trinajstić information content (AvgIpc) is 2.74. The normalized spacial score (nSPS) is 17.9. The van der Waals surface area contributed by atoms with Gasteiger partial charge in [0.1, 0.15) is 0 Å². The number of halogens is 1. The van der Waals surface area contributed by atoms with Crippen LogP contribution in [0.25, 0.3) is 0 Å². The molecule has 142 valence electrons. The van der Waals surface area contributed by atoms with Crippen molar-refractivity contribution in [2.75, 3.05) is 62.3 Å². The summed E-state index contributed by atoms with van der Waals surface area (Å²) in [5.41, 5.74) is 1.09. The highest BCUT2D eigenvalue weighted by molar-refractivity contribution is 5.94. The lowest BCUT2D eigenvalue weighted by Gasteiger charge is -2.36. The molecular weight excluding hydrogens is 351 g/mol. The van der Waals surface area contributed by atoms with E-state index in [1.807, 2.05) is 6.07 Å². The van der Waals surface area contributed by atoms with E-state index in [1.165, 1.54) is 12.3 Å². The molecule has 0 aliphatic carbocycles. The first-order chi connectivity index (χ1) is 13.2. The molecule has 4 rings (SSSR count). The monoisotopic (exact) mass is 372 g/mol. The number of carbonyl (C=O) groups excluding carboxylic acids is 1. The third kappa shape index (κ3) is 3.82. The number of pyridine rings is 1. The van der Waals surface area contributed by atoms with Crippen molar-refractivity contribution in [2.45, 2.75) is 0 Å². The summed E-state index contributed by atoms with van der Waals surface area (Å²) in [7, 11) is 0. The van der Waals surface area contributed by atoms with Gasteiger partial charge in [-0.1, -0.05) is 0 Å². The van der Waals surface area contributed by atoms with Gasteiger partial charge in [-0.15, -0.1) is 5.10 Å². The molecule has 2 aromatic heterocycles. The number of piperazine rings is 1. The molecule has 2 aliphatic heterocycles. The van der Waals surface area contributed by atoms with E-state index in [-0.39, 0.29) is 11.5 Å². The minimum Gasteiger partial charge on any atom is -0.378 e. The first-order valence-corrected chi connectivity index (χ1v) is 9.01. The molecular formula is C18H21FN6O2. The van der Waals surface area contributed by atoms with Crippen LogP contribution in [0.15, 0.2) is 30.7 Å². The Morgan fingerprint density at radius 3 is 2.56 bits per heavy atom. The molecule has 0 spiro atoms. The molecule has 0 unspecified atom stereocenters. The molecule has 0 saturated carbocycles. The quantitative estimate of drug-likeness (QED) is 0.789. The van der Waals surface area contributed by atoms with Crippen LogP contribution in [0.5, 0.6) is 0 Å². The Labute approximate surface area is 156 Å². The number of aromatic nitrogens is 3. The molecule has 2 aliphatic rings. The first-order valence-electron chi connectivity index (χ1n) is 9.01. The maximum atomic E-state index is 13.8. The Kier molecular flexibility index (Phi) is 5.10. The molecule has 27 heavy (non-hydrogen) atoms. The largest absolute Gasteiger partial charge is 0.378 e. The van der Waals surface area contributed by atoms with Gasteiger partial charge < -0.3 is 19.4 Å². The summed E-state index contributed by atoms with van der Waals surface area (Å²) < 4.78 is 19.2. The highest BCUT2D eigenvalue weighted by Crippen LogP contribution is 2.21. The minimum atomic E-state index is -0.589. The Bertz CT molecular complexity index is 806. The lowest BCUT2D eigenvalue weighted by atomic mass is 10.2. The topological polar surface area (TPSA) is 74.7 Å². The van der Waals surface area contributed by atoms with Crippen molar-refractivity contribution in [2.24, 2.45) is 0 Å². The van der Waals surface area contributed by atoms with E-state index in [2.05, 4.69) is 25.0 Å². The highest BCUT2D eigenvalue weighted by Gasteiger charge is 2.25. The molecule has 0 atom stereocenters. The SMILES string of the molecule is O=C(c1ccncc1F)N1CCN(c2cc(N3CCOCC3)cnn2)CC1. The molecule has 0 N–H and O–H groups in total. The number of nitrogens with zero attached hydrogens (tertiary/aromatic N) is 6. The summed E-state index contributed by atoms with van der Waals surface area (Å²) >= 11 is 0. The van der Waals surface area contributed by atoms with Crippen molar-refractivity contribution in [3.05, 3.63) is 42.1 Å². The number of ether oxygens (including phenoxy) is 1. The highest BCUT2D eigenvalue weighted by atomic mass is 19.1. The zero-order valence-corrected chi connectivity index (χ0v) is 14.9. The van der Waals surface area contributed by atoms with E-state index >= 15 is 0 Å². The predicted octanol–water partition coefficient (Wildman–Crippen LogP) is 0.810. The smallest absolute Gasteiger partial charge is 0.257 e. The molecule has 2 saturated heterocycles. The lowest BCUT2D eigenvalue weighted by Crippen LogP contribution is -2.49. The maximum absolute atomic E-state index is 13.8. The van der Waals surface area contributed by atoms with Gasteiger partial charge in [0, 0.05) is 51.5 Å². The predicted molar refractivity (Wildman–Crippen MR) is 97.4 cm³/mol. The van der Waals surface area contributed by atoms with Crippen LogP contribution in [-0.2, 0) is 4.74 Å². The van der Waals surface area contributed by atoms with Crippen molar-refractivity contribution in [3.8, 4) is 0 Å². The third-order valence-corrected chi connectivity index (χ3v) is 4.90. The molecule has 9 heteroatoms. The minimum absolute atomic E-state index is 0.0626. The number of amides is 1. The second-order valence-electron chi connectivity index (χ2n) is 6.51. The van der Waals surface area contributed by atoms with E-state index in [4.69, 9.17) is 4.74 Å². The van der Waals surface area contributed by atoms with Crippen LogP contribution in [0.3, 0.4) is 0 Å². The summed E-state index contributed by atoms with van der Waals surface area (Å²) in [4.78, 5) is 22.2. The summed E-state index contributed by atoms with van der Waals surface area (Å²) in [6.07, 6.45) is 4.26. The Hall–Kier alpha value is -2.81. The van der Waals surface area contributed by atoms with Crippen LogP contribution in [0, 0.1) is 5.82 Å². The van der Waals surface area contributed by atoms with Crippen LogP contribution < -0.4 is 9.80 Å². The molecule has 2 fully saturated rings. The average molecular weight is 372 g/mol. The van der Waals surface area contributed by atoms with Crippen LogP contribution >= 0.6 is 0 Å². The van der Waals surface area contributed by atoms with Crippen LogP contribution in [0.1, 0.15) is 10.4 Å². The van der Waals surface area contributed by atoms with Crippen molar-refractivity contribution < 1.29 is 13.9 Å². The zero-order chi connectivity index (χ0) is 18.6. The Balaban J connectivity index is 1.40. The molecule has 1 amide bonds. The third-order valence-electron chi connectivity index (χ3n) is 4.90. The van der Waals surface area contributed by atoms with Gasteiger partial charge in [0.25, 0.3) is 5.91 Å². The van der Waals surface area contributed by atoms with E-state index in [1.54, 1.807) is 11.1 Å². The fourth-order valence-corrected chi connectivity index (χ4v) is 3.35. The first kappa shape index (κ1) is 17.6. The van der Waals surface area contributed by atoms with E-state index in [0.717, 1.165) is 30.8 Å². The van der Waals surface area contributed by atoms with Crippen molar-refractivity contribution >= 4 is 17.4 Å². The molecule has 0 radical (unpaired) electrons. The molecule has 0 aromatic carbocycles. The summed E-state index contributed by atoms with van der Waals surface area (Å²) in [5, 5.41) is 8.38. The molecule has 8 nitrogen and oxygen atoms in total. The molecule has 2 aromatic rings. The molecule has 0 bridgehead atoms. The number of anilines is 2. The van der Waals surface area contributed by atoms with E-state index < -0.39 is 5.82 Å². The number of rotatable bonds is 3. The Morgan fingerprint density at radius 1 is 1.04 bits per heavy atom. The van der Waals surface area contributed by atoms with Gasteiger partial charge >= 0.3 is 0 Å². The van der Waals surface area contributed by atoms with Crippen molar-refractivity contribution in [1.29, 1.82) is 0 Å². The standard InChI is InChI=1S/C18H21FN6O2/c19-16-13-20-2-1-15(16)18(26)25-5-3-24(4-6-25)17-11-14(12-21-22-17)23-7-9-27-10-8-23/h1-2,11-13H,3-10H2. The van der Waals surface area contributed by atoms with Gasteiger partial charge in [0.2, 0.25) is 0 Å². The van der Waals surface area contributed by atoms with E-state index in [0.29, 0.717) is 39.4 Å². The van der Waals surface area contributed by atoms with Crippen molar-refractivity contribution in [3.63, 3.8) is 0 Å². The van der Waals surface area contributed by atoms with Gasteiger partial charge in [0.15, 0.2) is 11.6 Å². The van der Waals surface area contributed by atoms with Crippen LogP contribution in [0.2, 0.25) is 0 Å². The number of carbonyl (C=O) groups is 1. The fraction of sp³-hybridized carbons (Fsp3) is 0.444. The van der Waals surface area contributed by atoms with Gasteiger partial charge in [-0.3, -0.25) is 9.78 Å². The summed E-state index contributed by atoms with van der Waals surface area (Å²) in [6, 6.07) is 3.44. The number of hydrogen-bond donors (Lipinski definition) is 0.